The molecule has 0 aliphatic carbocycles. The first kappa shape index (κ1) is 35.7. The molecule has 1 aliphatic rings. The van der Waals surface area contributed by atoms with E-state index in [1.807, 2.05) is 0 Å². The highest BCUT2D eigenvalue weighted by molar-refractivity contribution is 6.22. The van der Waals surface area contributed by atoms with Crippen LogP contribution in [0.1, 0.15) is 23.6 Å². The molecule has 5 heteroatoms. The van der Waals surface area contributed by atoms with Gasteiger partial charge < -0.3 is 14.0 Å². The molecule has 0 radical (unpaired) electrons. The largest absolute Gasteiger partial charge is 0.326 e. The van der Waals surface area contributed by atoms with E-state index in [0.717, 1.165) is 39.1 Å². The SMILES string of the molecule is CN1C(c2ccccc2-c2ccccc2)=NC(c2cccc3ccccc23)NC1n1c2ccccc2c2c(-n3c4ccccc4c4cc5ccccc5cc43)c3ccccc3cc21. The number of amidine groups is 1. The standard InChI is InChI=1S/C58H41N5/c1-61-57(47-29-12-11-26-43(47)37-18-3-2-4-19-37)59-56(46-31-17-24-38-20-7-9-25-42(38)46)60-58(61)63-51-33-16-14-30-48(51)54-53(63)36-41-23-8-10-27-44(41)55(54)62-50-32-15-13-28-45(50)49-34-39-21-5-6-22-40(39)35-52(49)62/h2-36,56,58,60H,1H3. The second-order valence-electron chi connectivity index (χ2n) is 16.8. The first-order chi connectivity index (χ1) is 31.2. The van der Waals surface area contributed by atoms with Gasteiger partial charge in [0.1, 0.15) is 12.0 Å². The Labute approximate surface area is 364 Å². The summed E-state index contributed by atoms with van der Waals surface area (Å²) in [6.45, 7) is 0. The first-order valence-electron chi connectivity index (χ1n) is 21.8. The molecule has 2 atom stereocenters. The van der Waals surface area contributed by atoms with Crippen LogP contribution < -0.4 is 5.32 Å². The van der Waals surface area contributed by atoms with Crippen molar-refractivity contribution in [1.82, 2.24) is 19.4 Å². The average Bonchev–Trinajstić information content (AvgIpc) is 3.84. The van der Waals surface area contributed by atoms with E-state index in [4.69, 9.17) is 4.99 Å². The predicted molar refractivity (Wildman–Crippen MR) is 264 cm³/mol. The number of nitrogens with zero attached hydrogens (tertiary/aromatic N) is 4. The molecule has 13 rings (SSSR count). The minimum Gasteiger partial charge on any atom is -0.326 e. The van der Waals surface area contributed by atoms with Gasteiger partial charge in [-0.25, -0.2) is 4.99 Å². The molecule has 5 nitrogen and oxygen atoms in total. The Morgan fingerprint density at radius 2 is 1.02 bits per heavy atom. The molecule has 0 bridgehead atoms. The molecule has 3 heterocycles. The lowest BCUT2D eigenvalue weighted by atomic mass is 9.97. The fourth-order valence-electron chi connectivity index (χ4n) is 10.5. The van der Waals surface area contributed by atoms with Crippen molar-refractivity contribution in [3.8, 4) is 16.8 Å². The molecule has 10 aromatic carbocycles. The van der Waals surface area contributed by atoms with E-state index in [0.29, 0.717) is 0 Å². The Morgan fingerprint density at radius 1 is 0.429 bits per heavy atom. The van der Waals surface area contributed by atoms with Crippen LogP contribution in [0.4, 0.5) is 0 Å². The number of hydrogen-bond donors (Lipinski definition) is 1. The summed E-state index contributed by atoms with van der Waals surface area (Å²) in [5.41, 5.74) is 10.4. The summed E-state index contributed by atoms with van der Waals surface area (Å²) in [6.07, 6.45) is -0.679. The van der Waals surface area contributed by atoms with E-state index in [-0.39, 0.29) is 12.5 Å². The molecule has 1 aliphatic heterocycles. The van der Waals surface area contributed by atoms with Gasteiger partial charge in [0, 0.05) is 39.5 Å². The minimum atomic E-state index is -0.349. The van der Waals surface area contributed by atoms with Gasteiger partial charge >= 0.3 is 0 Å². The molecule has 0 fully saturated rings. The number of rotatable bonds is 5. The second-order valence-corrected chi connectivity index (χ2v) is 16.8. The molecule has 12 aromatic rings. The van der Waals surface area contributed by atoms with Crippen LogP contribution in [0, 0.1) is 0 Å². The second kappa shape index (κ2) is 14.0. The van der Waals surface area contributed by atoms with Crippen LogP contribution in [-0.4, -0.2) is 26.9 Å². The number of para-hydroxylation sites is 2. The average molecular weight is 808 g/mol. The Kier molecular flexibility index (Phi) is 7.96. The Hall–Kier alpha value is -7.99. The predicted octanol–water partition coefficient (Wildman–Crippen LogP) is 14.2. The Bertz CT molecular complexity index is 3810. The van der Waals surface area contributed by atoms with E-state index in [1.54, 1.807) is 0 Å². The number of benzene rings is 10. The van der Waals surface area contributed by atoms with Crippen LogP contribution in [0.2, 0.25) is 0 Å². The van der Waals surface area contributed by atoms with Crippen LogP contribution >= 0.6 is 0 Å². The zero-order valence-corrected chi connectivity index (χ0v) is 34.7. The highest BCUT2D eigenvalue weighted by Crippen LogP contribution is 2.45. The third-order valence-corrected chi connectivity index (χ3v) is 13.3. The summed E-state index contributed by atoms with van der Waals surface area (Å²) in [7, 11) is 2.19. The first-order valence-corrected chi connectivity index (χ1v) is 21.8. The normalized spacial score (nSPS) is 15.7. The lowest BCUT2D eigenvalue weighted by Gasteiger charge is -2.40. The van der Waals surface area contributed by atoms with Crippen molar-refractivity contribution in [2.75, 3.05) is 7.05 Å². The number of hydrogen-bond acceptors (Lipinski definition) is 3. The molecule has 2 aromatic heterocycles. The summed E-state index contributed by atoms with van der Waals surface area (Å²) in [5, 5.41) is 16.3. The molecule has 2 unspecified atom stereocenters. The highest BCUT2D eigenvalue weighted by atomic mass is 15.5. The lowest BCUT2D eigenvalue weighted by Crippen LogP contribution is -2.49. The number of aliphatic imine (C=N–C) groups is 1. The van der Waals surface area contributed by atoms with Crippen LogP contribution in [-0.2, 0) is 0 Å². The Balaban J connectivity index is 1.12. The minimum absolute atomic E-state index is 0.330. The zero-order chi connectivity index (χ0) is 41.6. The van der Waals surface area contributed by atoms with E-state index in [9.17, 15) is 0 Å². The maximum absolute atomic E-state index is 5.68. The summed E-state index contributed by atoms with van der Waals surface area (Å²) in [6, 6.07) is 77.3. The fourth-order valence-corrected chi connectivity index (χ4v) is 10.5. The summed E-state index contributed by atoms with van der Waals surface area (Å²) < 4.78 is 5.07. The smallest absolute Gasteiger partial charge is 0.165 e. The Morgan fingerprint density at radius 3 is 1.83 bits per heavy atom. The number of fused-ring (bicyclic) bond motifs is 9. The number of nitrogens with one attached hydrogen (secondary N) is 1. The maximum Gasteiger partial charge on any atom is 0.165 e. The zero-order valence-electron chi connectivity index (χ0n) is 34.7. The maximum atomic E-state index is 5.68. The number of aromatic nitrogens is 2. The third kappa shape index (κ3) is 5.43. The van der Waals surface area contributed by atoms with Gasteiger partial charge in [0.05, 0.1) is 27.8 Å². The van der Waals surface area contributed by atoms with E-state index >= 15 is 0 Å². The molecule has 0 saturated carbocycles. The van der Waals surface area contributed by atoms with Crippen LogP contribution in [0.5, 0.6) is 0 Å². The molecule has 0 spiro atoms. The van der Waals surface area contributed by atoms with Crippen molar-refractivity contribution in [2.45, 2.75) is 12.5 Å². The monoisotopic (exact) mass is 807 g/mol. The molecular weight excluding hydrogens is 767 g/mol. The molecule has 63 heavy (non-hydrogen) atoms. The van der Waals surface area contributed by atoms with Crippen molar-refractivity contribution in [2.24, 2.45) is 4.99 Å². The van der Waals surface area contributed by atoms with E-state index in [1.165, 1.54) is 70.6 Å². The third-order valence-electron chi connectivity index (χ3n) is 13.3. The molecule has 1 N–H and O–H groups in total. The molecule has 298 valence electrons. The van der Waals surface area contributed by atoms with Crippen LogP contribution in [0.15, 0.2) is 217 Å². The quantitative estimate of drug-likeness (QED) is 0.188. The summed E-state index contributed by atoms with van der Waals surface area (Å²) >= 11 is 0. The topological polar surface area (TPSA) is 37.5 Å². The van der Waals surface area contributed by atoms with Gasteiger partial charge in [-0.2, -0.15) is 0 Å². The lowest BCUT2D eigenvalue weighted by molar-refractivity contribution is 0.190. The molecule has 0 amide bonds. The molecular formula is C58H41N5. The van der Waals surface area contributed by atoms with Crippen LogP contribution in [0.25, 0.3) is 92.7 Å². The fraction of sp³-hybridized carbons (Fsp3) is 0.0517. The van der Waals surface area contributed by atoms with Crippen molar-refractivity contribution < 1.29 is 0 Å². The van der Waals surface area contributed by atoms with Gasteiger partial charge in [-0.3, -0.25) is 5.32 Å². The summed E-state index contributed by atoms with van der Waals surface area (Å²) in [5.74, 6) is 0.928. The molecule has 0 saturated heterocycles. The van der Waals surface area contributed by atoms with E-state index < -0.39 is 0 Å². The van der Waals surface area contributed by atoms with Gasteiger partial charge in [0.25, 0.3) is 0 Å². The van der Waals surface area contributed by atoms with Gasteiger partial charge in [0.2, 0.25) is 0 Å². The van der Waals surface area contributed by atoms with Crippen molar-refractivity contribution in [1.29, 1.82) is 0 Å². The van der Waals surface area contributed by atoms with Crippen molar-refractivity contribution in [3.05, 3.63) is 223 Å². The van der Waals surface area contributed by atoms with Gasteiger partial charge in [-0.15, -0.1) is 0 Å². The van der Waals surface area contributed by atoms with Crippen molar-refractivity contribution >= 4 is 81.8 Å². The van der Waals surface area contributed by atoms with Gasteiger partial charge in [0.15, 0.2) is 6.29 Å². The summed E-state index contributed by atoms with van der Waals surface area (Å²) in [4.78, 5) is 8.02. The highest BCUT2D eigenvalue weighted by Gasteiger charge is 2.34. The van der Waals surface area contributed by atoms with Crippen molar-refractivity contribution in [3.63, 3.8) is 0 Å². The van der Waals surface area contributed by atoms with Crippen LogP contribution in [0.3, 0.4) is 0 Å². The van der Waals surface area contributed by atoms with E-state index in [2.05, 4.69) is 239 Å². The van der Waals surface area contributed by atoms with Gasteiger partial charge in [-0.1, -0.05) is 182 Å². The van der Waals surface area contributed by atoms with Gasteiger partial charge in [-0.05, 0) is 74.0 Å².